The molecular formula is C9H10BrClN2O4S. The van der Waals surface area contributed by atoms with E-state index in [1.165, 1.54) is 13.1 Å². The third-order valence-corrected chi connectivity index (χ3v) is 4.91. The maximum atomic E-state index is 12.1. The Morgan fingerprint density at radius 1 is 1.50 bits per heavy atom. The maximum Gasteiger partial charge on any atom is 0.270 e. The Morgan fingerprint density at radius 3 is 2.61 bits per heavy atom. The highest BCUT2D eigenvalue weighted by atomic mass is 79.9. The molecular weight excluding hydrogens is 348 g/mol. The van der Waals surface area contributed by atoms with E-state index < -0.39 is 14.9 Å². The van der Waals surface area contributed by atoms with Gasteiger partial charge in [0.2, 0.25) is 10.0 Å². The molecule has 0 saturated carbocycles. The highest BCUT2D eigenvalue weighted by molar-refractivity contribution is 9.09. The molecule has 0 unspecified atom stereocenters. The lowest BCUT2D eigenvalue weighted by atomic mass is 10.3. The minimum atomic E-state index is -3.82. The molecule has 1 aromatic rings. The summed E-state index contributed by atoms with van der Waals surface area (Å²) >= 11 is 8.91. The van der Waals surface area contributed by atoms with Crippen LogP contribution in [0, 0.1) is 10.1 Å². The van der Waals surface area contributed by atoms with Crippen molar-refractivity contribution in [1.29, 1.82) is 0 Å². The number of nitro groups is 1. The van der Waals surface area contributed by atoms with Gasteiger partial charge in [-0.15, -0.1) is 0 Å². The van der Waals surface area contributed by atoms with Gasteiger partial charge in [0.25, 0.3) is 5.69 Å². The van der Waals surface area contributed by atoms with E-state index in [9.17, 15) is 18.5 Å². The van der Waals surface area contributed by atoms with E-state index in [1.807, 2.05) is 0 Å². The Kier molecular flexibility index (Phi) is 5.09. The molecule has 1 aromatic carbocycles. The van der Waals surface area contributed by atoms with E-state index in [0.717, 1.165) is 16.4 Å². The summed E-state index contributed by atoms with van der Waals surface area (Å²) in [7, 11) is -2.44. The number of nitro benzene ring substituents is 1. The van der Waals surface area contributed by atoms with Crippen LogP contribution in [-0.4, -0.2) is 36.6 Å². The molecule has 0 spiro atoms. The summed E-state index contributed by atoms with van der Waals surface area (Å²) in [6.07, 6.45) is 0. The van der Waals surface area contributed by atoms with Crippen LogP contribution in [0.15, 0.2) is 23.1 Å². The summed E-state index contributed by atoms with van der Waals surface area (Å²) < 4.78 is 25.3. The Bertz CT molecular complexity index is 564. The van der Waals surface area contributed by atoms with Gasteiger partial charge in [-0.3, -0.25) is 10.1 Å². The van der Waals surface area contributed by atoms with Gasteiger partial charge in [0.05, 0.1) is 9.95 Å². The number of hydrogen-bond acceptors (Lipinski definition) is 4. The molecule has 0 N–H and O–H groups in total. The van der Waals surface area contributed by atoms with E-state index >= 15 is 0 Å². The van der Waals surface area contributed by atoms with Gasteiger partial charge in [-0.1, -0.05) is 27.5 Å². The second-order valence-corrected chi connectivity index (χ2v) is 6.60. The molecule has 0 saturated heterocycles. The molecule has 0 aliphatic heterocycles. The topological polar surface area (TPSA) is 80.5 Å². The molecule has 0 heterocycles. The third kappa shape index (κ3) is 3.19. The molecule has 0 aliphatic carbocycles. The van der Waals surface area contributed by atoms with Crippen molar-refractivity contribution in [3.63, 3.8) is 0 Å². The summed E-state index contributed by atoms with van der Waals surface area (Å²) in [5.74, 6) is 0. The first-order chi connectivity index (χ1) is 8.30. The van der Waals surface area contributed by atoms with Crippen LogP contribution in [-0.2, 0) is 10.0 Å². The first kappa shape index (κ1) is 15.4. The largest absolute Gasteiger partial charge is 0.270 e. The van der Waals surface area contributed by atoms with Crippen molar-refractivity contribution in [3.8, 4) is 0 Å². The molecule has 0 radical (unpaired) electrons. The lowest BCUT2D eigenvalue weighted by Gasteiger charge is -2.16. The predicted octanol–water partition coefficient (Wildman–Crippen LogP) is 2.26. The van der Waals surface area contributed by atoms with Gasteiger partial charge < -0.3 is 0 Å². The van der Waals surface area contributed by atoms with Crippen LogP contribution >= 0.6 is 27.5 Å². The lowest BCUT2D eigenvalue weighted by Crippen LogP contribution is -2.28. The predicted molar refractivity (Wildman–Crippen MR) is 71.7 cm³/mol. The van der Waals surface area contributed by atoms with Crippen LogP contribution in [0.5, 0.6) is 0 Å². The first-order valence-corrected chi connectivity index (χ1v) is 7.71. The maximum absolute atomic E-state index is 12.1. The molecule has 0 atom stereocenters. The highest BCUT2D eigenvalue weighted by Crippen LogP contribution is 2.28. The van der Waals surface area contributed by atoms with E-state index in [-0.39, 0.29) is 22.2 Å². The summed E-state index contributed by atoms with van der Waals surface area (Å²) in [5, 5.41) is 11.0. The highest BCUT2D eigenvalue weighted by Gasteiger charge is 2.25. The molecule has 0 fully saturated rings. The Hall–Kier alpha value is -0.700. The number of nitrogens with zero attached hydrogens (tertiary/aromatic N) is 2. The van der Waals surface area contributed by atoms with E-state index in [1.54, 1.807) is 0 Å². The Balaban J connectivity index is 3.31. The SMILES string of the molecule is CN(CCBr)S(=O)(=O)c1cc([N+](=O)[O-])ccc1Cl. The van der Waals surface area contributed by atoms with Crippen molar-refractivity contribution in [2.24, 2.45) is 0 Å². The number of benzene rings is 1. The van der Waals surface area contributed by atoms with Crippen LogP contribution in [0.1, 0.15) is 0 Å². The van der Waals surface area contributed by atoms with Crippen molar-refractivity contribution in [3.05, 3.63) is 33.3 Å². The van der Waals surface area contributed by atoms with Gasteiger partial charge in [-0.2, -0.15) is 0 Å². The standard InChI is InChI=1S/C9H10BrClN2O4S/c1-12(5-4-10)18(16,17)9-6-7(13(14)15)2-3-8(9)11/h2-3,6H,4-5H2,1H3. The average molecular weight is 358 g/mol. The van der Waals surface area contributed by atoms with Crippen molar-refractivity contribution in [2.45, 2.75) is 4.90 Å². The van der Waals surface area contributed by atoms with E-state index in [0.29, 0.717) is 5.33 Å². The zero-order valence-electron chi connectivity index (χ0n) is 9.34. The molecule has 0 aliphatic rings. The van der Waals surface area contributed by atoms with Gasteiger partial charge in [0.15, 0.2) is 0 Å². The zero-order valence-corrected chi connectivity index (χ0v) is 12.5. The summed E-state index contributed by atoms with van der Waals surface area (Å²) in [5.41, 5.74) is -0.315. The molecule has 100 valence electrons. The Morgan fingerprint density at radius 2 is 2.11 bits per heavy atom. The second-order valence-electron chi connectivity index (χ2n) is 3.39. The fourth-order valence-electron chi connectivity index (χ4n) is 1.21. The molecule has 1 rings (SSSR count). The molecule has 9 heteroatoms. The number of sulfonamides is 1. The summed E-state index contributed by atoms with van der Waals surface area (Å²) in [4.78, 5) is 9.70. The molecule has 6 nitrogen and oxygen atoms in total. The second kappa shape index (κ2) is 5.96. The van der Waals surface area contributed by atoms with Crippen LogP contribution in [0.2, 0.25) is 5.02 Å². The lowest BCUT2D eigenvalue weighted by molar-refractivity contribution is -0.385. The van der Waals surface area contributed by atoms with E-state index in [4.69, 9.17) is 11.6 Å². The quantitative estimate of drug-likeness (QED) is 0.460. The number of hydrogen-bond donors (Lipinski definition) is 0. The minimum Gasteiger partial charge on any atom is -0.258 e. The smallest absolute Gasteiger partial charge is 0.258 e. The average Bonchev–Trinajstić information content (AvgIpc) is 2.29. The van der Waals surface area contributed by atoms with Crippen LogP contribution in [0.25, 0.3) is 0 Å². The van der Waals surface area contributed by atoms with Crippen molar-refractivity contribution in [1.82, 2.24) is 4.31 Å². The van der Waals surface area contributed by atoms with Gasteiger partial charge in [-0.25, -0.2) is 12.7 Å². The minimum absolute atomic E-state index is 0.0398. The summed E-state index contributed by atoms with van der Waals surface area (Å²) in [6.45, 7) is 0.237. The molecule has 0 amide bonds. The fraction of sp³-hybridized carbons (Fsp3) is 0.333. The van der Waals surface area contributed by atoms with Crippen molar-refractivity contribution >= 4 is 43.2 Å². The first-order valence-electron chi connectivity index (χ1n) is 4.77. The number of halogens is 2. The van der Waals surface area contributed by atoms with Gasteiger partial charge in [0.1, 0.15) is 4.90 Å². The molecule has 0 aromatic heterocycles. The summed E-state index contributed by atoms with van der Waals surface area (Å²) in [6, 6.07) is 3.32. The van der Waals surface area contributed by atoms with E-state index in [2.05, 4.69) is 15.9 Å². The van der Waals surface area contributed by atoms with Crippen molar-refractivity contribution < 1.29 is 13.3 Å². The van der Waals surface area contributed by atoms with Gasteiger partial charge in [-0.05, 0) is 6.07 Å². The van der Waals surface area contributed by atoms with Crippen molar-refractivity contribution in [2.75, 3.05) is 18.9 Å². The van der Waals surface area contributed by atoms with Crippen LogP contribution in [0.3, 0.4) is 0 Å². The zero-order chi connectivity index (χ0) is 13.9. The fourth-order valence-corrected chi connectivity index (χ4v) is 3.64. The molecule has 0 bridgehead atoms. The number of rotatable bonds is 5. The number of non-ortho nitro benzene ring substituents is 1. The van der Waals surface area contributed by atoms with Crippen LogP contribution < -0.4 is 0 Å². The molecule has 18 heavy (non-hydrogen) atoms. The monoisotopic (exact) mass is 356 g/mol. The van der Waals surface area contributed by atoms with Crippen LogP contribution in [0.4, 0.5) is 5.69 Å². The Labute approximate surface area is 118 Å². The van der Waals surface area contributed by atoms with Gasteiger partial charge >= 0.3 is 0 Å². The third-order valence-electron chi connectivity index (χ3n) is 2.21. The number of alkyl halides is 1. The van der Waals surface area contributed by atoms with Gasteiger partial charge in [0, 0.05) is 31.1 Å². The normalized spacial score (nSPS) is 11.8.